The Bertz CT molecular complexity index is 605. The zero-order chi connectivity index (χ0) is 13.7. The van der Waals surface area contributed by atoms with Gasteiger partial charge in [-0.1, -0.05) is 0 Å². The van der Waals surface area contributed by atoms with Crippen LogP contribution < -0.4 is 5.32 Å². The van der Waals surface area contributed by atoms with E-state index in [-0.39, 0.29) is 5.69 Å². The molecule has 0 saturated carbocycles. The molecule has 88 valence electrons. The quantitative estimate of drug-likeness (QED) is 0.643. The molecule has 0 aliphatic heterocycles. The second-order valence-corrected chi connectivity index (χ2v) is 2.96. The Morgan fingerprint density at radius 3 is 1.83 bits per heavy atom. The summed E-state index contributed by atoms with van der Waals surface area (Å²) in [6.07, 6.45) is 0. The Morgan fingerprint density at radius 1 is 0.944 bits per heavy atom. The topological polar surface area (TPSA) is 83.4 Å². The predicted molar refractivity (Wildman–Crippen MR) is 53.8 cm³/mol. The van der Waals surface area contributed by atoms with E-state index in [0.717, 1.165) is 0 Å². The molecule has 4 nitrogen and oxygen atoms in total. The van der Waals surface area contributed by atoms with E-state index in [1.165, 1.54) is 18.2 Å². The molecule has 7 heteroatoms. The third kappa shape index (κ3) is 2.58. The standard InChI is InChI=1S/C11H3F3N4/c12-8-1-7(2-9(13)11(8)14)18-10(5-17)6(3-15)4-16/h1-2,18H. The van der Waals surface area contributed by atoms with E-state index in [9.17, 15) is 13.2 Å². The number of benzene rings is 1. The molecule has 1 aromatic rings. The zero-order valence-corrected chi connectivity index (χ0v) is 8.63. The minimum absolute atomic E-state index is 0.286. The van der Waals surface area contributed by atoms with Crippen LogP contribution in [0.15, 0.2) is 23.4 Å². The highest BCUT2D eigenvalue weighted by Gasteiger charge is 2.12. The summed E-state index contributed by atoms with van der Waals surface area (Å²) in [5.41, 5.74) is -1.32. The zero-order valence-electron chi connectivity index (χ0n) is 8.63. The Kier molecular flexibility index (Phi) is 3.91. The first-order valence-corrected chi connectivity index (χ1v) is 4.39. The number of hydrogen-bond donors (Lipinski definition) is 1. The number of rotatable bonds is 2. The average molecular weight is 248 g/mol. The summed E-state index contributed by atoms with van der Waals surface area (Å²) in [6, 6.07) is 5.56. The lowest BCUT2D eigenvalue weighted by atomic mass is 10.2. The van der Waals surface area contributed by atoms with Crippen molar-refractivity contribution in [1.82, 2.24) is 0 Å². The summed E-state index contributed by atoms with van der Waals surface area (Å²) in [5.74, 6) is -4.56. The van der Waals surface area contributed by atoms with Crippen molar-refractivity contribution in [2.45, 2.75) is 0 Å². The van der Waals surface area contributed by atoms with Gasteiger partial charge in [0.2, 0.25) is 0 Å². The van der Waals surface area contributed by atoms with Crippen LogP contribution in [0.1, 0.15) is 0 Å². The molecule has 0 aliphatic carbocycles. The lowest BCUT2D eigenvalue weighted by molar-refractivity contribution is 0.448. The second-order valence-electron chi connectivity index (χ2n) is 2.96. The molecule has 0 heterocycles. The van der Waals surface area contributed by atoms with Crippen molar-refractivity contribution in [3.8, 4) is 18.2 Å². The van der Waals surface area contributed by atoms with Crippen molar-refractivity contribution in [1.29, 1.82) is 15.8 Å². The van der Waals surface area contributed by atoms with E-state index in [0.29, 0.717) is 12.1 Å². The number of nitrogens with one attached hydrogen (secondary N) is 1. The molecule has 0 unspecified atom stereocenters. The Morgan fingerprint density at radius 2 is 1.44 bits per heavy atom. The van der Waals surface area contributed by atoms with E-state index in [4.69, 9.17) is 15.8 Å². The van der Waals surface area contributed by atoms with Crippen molar-refractivity contribution in [2.75, 3.05) is 5.32 Å². The molecule has 0 spiro atoms. The number of allylic oxidation sites excluding steroid dienone is 2. The van der Waals surface area contributed by atoms with Crippen LogP contribution in [-0.4, -0.2) is 0 Å². The summed E-state index contributed by atoms with van der Waals surface area (Å²) < 4.78 is 38.4. The minimum Gasteiger partial charge on any atom is -0.345 e. The molecule has 0 amide bonds. The monoisotopic (exact) mass is 248 g/mol. The first-order chi connectivity index (χ1) is 8.53. The molecule has 1 rings (SSSR count). The molecule has 0 radical (unpaired) electrons. The Balaban J connectivity index is 3.22. The third-order valence-electron chi connectivity index (χ3n) is 1.84. The van der Waals surface area contributed by atoms with Gasteiger partial charge in [-0.3, -0.25) is 0 Å². The van der Waals surface area contributed by atoms with Gasteiger partial charge in [0, 0.05) is 17.8 Å². The number of nitriles is 3. The van der Waals surface area contributed by atoms with Crippen LogP contribution in [0.5, 0.6) is 0 Å². The summed E-state index contributed by atoms with van der Waals surface area (Å²) >= 11 is 0. The second kappa shape index (κ2) is 5.38. The SMILES string of the molecule is N#CC(C#N)=C(C#N)Nc1cc(F)c(F)c(F)c1. The maximum Gasteiger partial charge on any atom is 0.194 e. The number of nitrogens with zero attached hydrogens (tertiary/aromatic N) is 3. The van der Waals surface area contributed by atoms with Crippen molar-refractivity contribution in [2.24, 2.45) is 0 Å². The lowest BCUT2D eigenvalue weighted by Crippen LogP contribution is -2.02. The highest BCUT2D eigenvalue weighted by Crippen LogP contribution is 2.19. The highest BCUT2D eigenvalue weighted by molar-refractivity contribution is 5.58. The molecule has 0 bridgehead atoms. The molecule has 0 aromatic heterocycles. The molecular weight excluding hydrogens is 245 g/mol. The first-order valence-electron chi connectivity index (χ1n) is 4.39. The fourth-order valence-corrected chi connectivity index (χ4v) is 1.06. The highest BCUT2D eigenvalue weighted by atomic mass is 19.2. The Hall–Kier alpha value is -2.98. The van der Waals surface area contributed by atoms with Crippen molar-refractivity contribution in [3.05, 3.63) is 40.9 Å². The van der Waals surface area contributed by atoms with Crippen molar-refractivity contribution >= 4 is 5.69 Å². The molecule has 0 atom stereocenters. The maximum absolute atomic E-state index is 12.9. The molecule has 1 N–H and O–H groups in total. The van der Waals surface area contributed by atoms with E-state index < -0.39 is 28.7 Å². The van der Waals surface area contributed by atoms with Gasteiger partial charge in [-0.15, -0.1) is 0 Å². The van der Waals surface area contributed by atoms with Crippen LogP contribution in [0.25, 0.3) is 0 Å². The average Bonchev–Trinajstić information content (AvgIpc) is 2.35. The third-order valence-corrected chi connectivity index (χ3v) is 1.84. The van der Waals surface area contributed by atoms with Gasteiger partial charge in [0.25, 0.3) is 0 Å². The molecule has 0 saturated heterocycles. The lowest BCUT2D eigenvalue weighted by Gasteiger charge is -2.05. The van der Waals surface area contributed by atoms with Crippen LogP contribution in [0.4, 0.5) is 18.9 Å². The fraction of sp³-hybridized carbons (Fsp3) is 0. The fourth-order valence-electron chi connectivity index (χ4n) is 1.06. The van der Waals surface area contributed by atoms with Crippen LogP contribution in [0.3, 0.4) is 0 Å². The van der Waals surface area contributed by atoms with Gasteiger partial charge in [0.05, 0.1) is 0 Å². The van der Waals surface area contributed by atoms with Crippen LogP contribution in [-0.2, 0) is 0 Å². The van der Waals surface area contributed by atoms with Gasteiger partial charge >= 0.3 is 0 Å². The van der Waals surface area contributed by atoms with Crippen LogP contribution in [0, 0.1) is 51.4 Å². The van der Waals surface area contributed by atoms with E-state index >= 15 is 0 Å². The van der Waals surface area contributed by atoms with Crippen LogP contribution >= 0.6 is 0 Å². The van der Waals surface area contributed by atoms with Gasteiger partial charge < -0.3 is 5.32 Å². The summed E-state index contributed by atoms with van der Waals surface area (Å²) in [5, 5.41) is 27.9. The summed E-state index contributed by atoms with van der Waals surface area (Å²) in [7, 11) is 0. The first kappa shape index (κ1) is 13.1. The summed E-state index contributed by atoms with van der Waals surface area (Å²) in [4.78, 5) is 0. The van der Waals surface area contributed by atoms with Gasteiger partial charge in [-0.2, -0.15) is 15.8 Å². The maximum atomic E-state index is 12.9. The molecule has 0 fully saturated rings. The van der Waals surface area contributed by atoms with Crippen LogP contribution in [0.2, 0.25) is 0 Å². The van der Waals surface area contributed by atoms with E-state index in [1.54, 1.807) is 0 Å². The van der Waals surface area contributed by atoms with Crippen molar-refractivity contribution < 1.29 is 13.2 Å². The number of halogens is 3. The Labute approximate surface area is 99.8 Å². The molecular formula is C11H3F3N4. The largest absolute Gasteiger partial charge is 0.345 e. The number of anilines is 1. The van der Waals surface area contributed by atoms with E-state index in [1.807, 2.05) is 0 Å². The molecule has 1 aromatic carbocycles. The van der Waals surface area contributed by atoms with Gasteiger partial charge in [0.15, 0.2) is 23.0 Å². The van der Waals surface area contributed by atoms with Gasteiger partial charge in [-0.05, 0) is 0 Å². The molecule has 18 heavy (non-hydrogen) atoms. The van der Waals surface area contributed by atoms with E-state index in [2.05, 4.69) is 5.32 Å². The smallest absolute Gasteiger partial charge is 0.194 e. The number of hydrogen-bond acceptors (Lipinski definition) is 4. The predicted octanol–water partition coefficient (Wildman–Crippen LogP) is 2.34. The minimum atomic E-state index is -1.65. The summed E-state index contributed by atoms with van der Waals surface area (Å²) in [6.45, 7) is 0. The van der Waals surface area contributed by atoms with Gasteiger partial charge in [-0.25, -0.2) is 13.2 Å². The van der Waals surface area contributed by atoms with Gasteiger partial charge in [0.1, 0.15) is 23.9 Å². The normalized spacial score (nSPS) is 8.67. The molecule has 0 aliphatic rings. The van der Waals surface area contributed by atoms with Crippen molar-refractivity contribution in [3.63, 3.8) is 0 Å².